The first kappa shape index (κ1) is 15.8. The lowest BCUT2D eigenvalue weighted by atomic mass is 10.2. The predicted octanol–water partition coefficient (Wildman–Crippen LogP) is 2.74. The first-order valence-corrected chi connectivity index (χ1v) is 7.10. The number of carbonyl (C=O) groups excluding carboxylic acids is 1. The average molecular weight is 302 g/mol. The van der Waals surface area contributed by atoms with E-state index in [-0.39, 0.29) is 18.3 Å². The summed E-state index contributed by atoms with van der Waals surface area (Å²) >= 11 is 0. The molecule has 4 nitrogen and oxygen atoms in total. The fourth-order valence-corrected chi connectivity index (χ4v) is 1.82. The van der Waals surface area contributed by atoms with Gasteiger partial charge in [-0.2, -0.15) is 0 Å². The van der Waals surface area contributed by atoms with Gasteiger partial charge in [0.2, 0.25) is 5.91 Å². The first-order chi connectivity index (χ1) is 10.6. The molecule has 0 aliphatic rings. The molecule has 116 valence electrons. The van der Waals surface area contributed by atoms with E-state index in [1.165, 1.54) is 6.07 Å². The van der Waals surface area contributed by atoms with Crippen LogP contribution in [0, 0.1) is 12.7 Å². The molecule has 2 rings (SSSR count). The molecule has 0 unspecified atom stereocenters. The van der Waals surface area contributed by atoms with Crippen LogP contribution in [-0.2, 0) is 4.79 Å². The molecule has 0 spiro atoms. The summed E-state index contributed by atoms with van der Waals surface area (Å²) in [5.74, 6) is 0.310. The summed E-state index contributed by atoms with van der Waals surface area (Å²) in [7, 11) is 0. The highest BCUT2D eigenvalue weighted by Gasteiger charge is 2.03. The molecule has 0 fully saturated rings. The molecule has 0 aromatic heterocycles. The average Bonchev–Trinajstić information content (AvgIpc) is 2.54. The SMILES string of the molecule is Cc1ccc(NCC(=O)NCCOc2ccccc2)cc1F. The Morgan fingerprint density at radius 2 is 1.95 bits per heavy atom. The second kappa shape index (κ2) is 8.02. The van der Waals surface area contributed by atoms with Gasteiger partial charge in [-0.3, -0.25) is 4.79 Å². The van der Waals surface area contributed by atoms with E-state index < -0.39 is 0 Å². The van der Waals surface area contributed by atoms with Crippen molar-refractivity contribution in [1.82, 2.24) is 5.32 Å². The number of hydrogen-bond acceptors (Lipinski definition) is 3. The van der Waals surface area contributed by atoms with Crippen molar-refractivity contribution in [3.05, 3.63) is 59.9 Å². The quantitative estimate of drug-likeness (QED) is 0.773. The van der Waals surface area contributed by atoms with Crippen LogP contribution in [0.25, 0.3) is 0 Å². The van der Waals surface area contributed by atoms with E-state index in [1.807, 2.05) is 30.3 Å². The number of carbonyl (C=O) groups is 1. The number of para-hydroxylation sites is 1. The molecule has 22 heavy (non-hydrogen) atoms. The zero-order valence-electron chi connectivity index (χ0n) is 12.4. The molecular formula is C17H19FN2O2. The van der Waals surface area contributed by atoms with Gasteiger partial charge in [0.1, 0.15) is 18.2 Å². The Hall–Kier alpha value is -2.56. The molecule has 0 aliphatic carbocycles. The lowest BCUT2D eigenvalue weighted by molar-refractivity contribution is -0.119. The van der Waals surface area contributed by atoms with Gasteiger partial charge in [-0.25, -0.2) is 4.39 Å². The number of halogens is 1. The lowest BCUT2D eigenvalue weighted by Crippen LogP contribution is -2.33. The minimum Gasteiger partial charge on any atom is -0.492 e. The monoisotopic (exact) mass is 302 g/mol. The van der Waals surface area contributed by atoms with Crippen LogP contribution in [0.4, 0.5) is 10.1 Å². The smallest absolute Gasteiger partial charge is 0.239 e. The fraction of sp³-hybridized carbons (Fsp3) is 0.235. The highest BCUT2D eigenvalue weighted by Crippen LogP contribution is 2.13. The summed E-state index contributed by atoms with van der Waals surface area (Å²) < 4.78 is 18.8. The zero-order chi connectivity index (χ0) is 15.8. The zero-order valence-corrected chi connectivity index (χ0v) is 12.4. The maximum Gasteiger partial charge on any atom is 0.239 e. The van der Waals surface area contributed by atoms with Crippen LogP contribution in [0.1, 0.15) is 5.56 Å². The Bertz CT molecular complexity index is 617. The van der Waals surface area contributed by atoms with E-state index in [0.717, 1.165) is 5.75 Å². The number of ether oxygens (including phenoxy) is 1. The summed E-state index contributed by atoms with van der Waals surface area (Å²) in [6.45, 7) is 2.60. The van der Waals surface area contributed by atoms with Gasteiger partial charge < -0.3 is 15.4 Å². The lowest BCUT2D eigenvalue weighted by Gasteiger charge is -2.09. The Morgan fingerprint density at radius 1 is 1.18 bits per heavy atom. The second-order valence-corrected chi connectivity index (χ2v) is 4.83. The minimum atomic E-state index is -0.290. The number of amides is 1. The molecule has 0 radical (unpaired) electrons. The molecule has 0 saturated heterocycles. The molecule has 2 aromatic rings. The van der Waals surface area contributed by atoms with Gasteiger partial charge in [0.05, 0.1) is 13.1 Å². The summed E-state index contributed by atoms with van der Waals surface area (Å²) in [6.07, 6.45) is 0. The largest absolute Gasteiger partial charge is 0.492 e. The van der Waals surface area contributed by atoms with Gasteiger partial charge >= 0.3 is 0 Å². The standard InChI is InChI=1S/C17H19FN2O2/c1-13-7-8-14(11-16(13)18)20-12-17(21)19-9-10-22-15-5-3-2-4-6-15/h2-8,11,20H,9-10,12H2,1H3,(H,19,21). The summed E-state index contributed by atoms with van der Waals surface area (Å²) in [5.41, 5.74) is 1.16. The van der Waals surface area contributed by atoms with Gasteiger partial charge in [-0.1, -0.05) is 24.3 Å². The fourth-order valence-electron chi connectivity index (χ4n) is 1.82. The number of nitrogens with one attached hydrogen (secondary N) is 2. The topological polar surface area (TPSA) is 50.4 Å². The third-order valence-corrected chi connectivity index (χ3v) is 3.06. The third kappa shape index (κ3) is 5.09. The van der Waals surface area contributed by atoms with Gasteiger partial charge in [0.25, 0.3) is 0 Å². The normalized spacial score (nSPS) is 10.1. The highest BCUT2D eigenvalue weighted by molar-refractivity contribution is 5.80. The minimum absolute atomic E-state index is 0.0911. The van der Waals surface area contributed by atoms with Crippen LogP contribution in [-0.4, -0.2) is 25.6 Å². The van der Waals surface area contributed by atoms with E-state index >= 15 is 0 Å². The number of anilines is 1. The van der Waals surface area contributed by atoms with Gasteiger partial charge in [-0.05, 0) is 36.8 Å². The summed E-state index contributed by atoms with van der Waals surface area (Å²) in [4.78, 5) is 11.7. The Balaban J connectivity index is 1.64. The van der Waals surface area contributed by atoms with Crippen molar-refractivity contribution in [1.29, 1.82) is 0 Å². The summed E-state index contributed by atoms with van der Waals surface area (Å²) in [5, 5.41) is 5.61. The van der Waals surface area contributed by atoms with Crippen LogP contribution < -0.4 is 15.4 Å². The maximum absolute atomic E-state index is 13.4. The molecule has 0 atom stereocenters. The van der Waals surface area contributed by atoms with E-state index in [4.69, 9.17) is 4.74 Å². The Morgan fingerprint density at radius 3 is 2.68 bits per heavy atom. The van der Waals surface area contributed by atoms with Crippen LogP contribution in [0.5, 0.6) is 5.75 Å². The predicted molar refractivity (Wildman–Crippen MR) is 84.6 cm³/mol. The number of aryl methyl sites for hydroxylation is 1. The van der Waals surface area contributed by atoms with Crippen molar-refractivity contribution in [3.63, 3.8) is 0 Å². The van der Waals surface area contributed by atoms with E-state index in [1.54, 1.807) is 19.1 Å². The first-order valence-electron chi connectivity index (χ1n) is 7.10. The van der Waals surface area contributed by atoms with E-state index in [9.17, 15) is 9.18 Å². The van der Waals surface area contributed by atoms with Gasteiger partial charge in [-0.15, -0.1) is 0 Å². The molecule has 5 heteroatoms. The molecule has 0 aliphatic heterocycles. The van der Waals surface area contributed by atoms with Crippen molar-refractivity contribution in [2.75, 3.05) is 25.0 Å². The Kier molecular flexibility index (Phi) is 5.77. The molecule has 0 bridgehead atoms. The molecule has 0 heterocycles. The number of rotatable bonds is 7. The molecular weight excluding hydrogens is 283 g/mol. The molecule has 0 saturated carbocycles. The maximum atomic E-state index is 13.4. The van der Waals surface area contributed by atoms with Gasteiger partial charge in [0, 0.05) is 5.69 Å². The van der Waals surface area contributed by atoms with Crippen molar-refractivity contribution >= 4 is 11.6 Å². The van der Waals surface area contributed by atoms with Crippen molar-refractivity contribution in [2.24, 2.45) is 0 Å². The van der Waals surface area contributed by atoms with Crippen LogP contribution in [0.2, 0.25) is 0 Å². The van der Waals surface area contributed by atoms with Crippen molar-refractivity contribution in [3.8, 4) is 5.75 Å². The van der Waals surface area contributed by atoms with Crippen molar-refractivity contribution < 1.29 is 13.9 Å². The molecule has 1 amide bonds. The Labute approximate surface area is 129 Å². The third-order valence-electron chi connectivity index (χ3n) is 3.06. The van der Waals surface area contributed by atoms with Gasteiger partial charge in [0.15, 0.2) is 0 Å². The number of benzene rings is 2. The second-order valence-electron chi connectivity index (χ2n) is 4.83. The van der Waals surface area contributed by atoms with Crippen LogP contribution in [0.15, 0.2) is 48.5 Å². The molecule has 2 N–H and O–H groups in total. The number of hydrogen-bond donors (Lipinski definition) is 2. The van der Waals surface area contributed by atoms with Crippen molar-refractivity contribution in [2.45, 2.75) is 6.92 Å². The summed E-state index contributed by atoms with van der Waals surface area (Å²) in [6, 6.07) is 14.2. The highest BCUT2D eigenvalue weighted by atomic mass is 19.1. The van der Waals surface area contributed by atoms with E-state index in [2.05, 4.69) is 10.6 Å². The molecule has 2 aromatic carbocycles. The van der Waals surface area contributed by atoms with E-state index in [0.29, 0.717) is 24.4 Å². The van der Waals surface area contributed by atoms with Crippen LogP contribution in [0.3, 0.4) is 0 Å². The van der Waals surface area contributed by atoms with Crippen LogP contribution >= 0.6 is 0 Å².